The summed E-state index contributed by atoms with van der Waals surface area (Å²) < 4.78 is 5.94. The Kier molecular flexibility index (Phi) is 4.19. The molecule has 0 saturated heterocycles. The Balaban J connectivity index is 1.88. The first-order chi connectivity index (χ1) is 7.90. The van der Waals surface area contributed by atoms with Crippen molar-refractivity contribution in [2.75, 3.05) is 13.2 Å². The van der Waals surface area contributed by atoms with Gasteiger partial charge < -0.3 is 15.2 Å². The van der Waals surface area contributed by atoms with E-state index >= 15 is 0 Å². The van der Waals surface area contributed by atoms with Crippen molar-refractivity contribution in [1.29, 1.82) is 0 Å². The van der Waals surface area contributed by atoms with E-state index in [2.05, 4.69) is 5.32 Å². The minimum atomic E-state index is 0.189. The number of benzene rings is 1. The van der Waals surface area contributed by atoms with Crippen LogP contribution in [0.15, 0.2) is 30.3 Å². The van der Waals surface area contributed by atoms with Crippen LogP contribution in [0.1, 0.15) is 19.3 Å². The molecule has 88 valence electrons. The van der Waals surface area contributed by atoms with E-state index < -0.39 is 0 Å². The van der Waals surface area contributed by atoms with Crippen LogP contribution in [0.4, 0.5) is 0 Å². The summed E-state index contributed by atoms with van der Waals surface area (Å²) in [5.74, 6) is 0.935. The first-order valence-corrected chi connectivity index (χ1v) is 5.96. The normalized spacial score (nSPS) is 24.6. The fraction of sp³-hybridized carbons (Fsp3) is 0.538. The highest BCUT2D eigenvalue weighted by Gasteiger charge is 2.28. The molecule has 1 aromatic rings. The molecule has 1 fully saturated rings. The maximum absolute atomic E-state index is 8.80. The van der Waals surface area contributed by atoms with E-state index in [4.69, 9.17) is 9.84 Å². The van der Waals surface area contributed by atoms with Crippen LogP contribution in [0.3, 0.4) is 0 Å². The van der Waals surface area contributed by atoms with Crippen molar-refractivity contribution in [3.8, 4) is 5.75 Å². The molecular formula is C13H19NO2. The minimum absolute atomic E-state index is 0.189. The topological polar surface area (TPSA) is 41.5 Å². The summed E-state index contributed by atoms with van der Waals surface area (Å²) in [5, 5.41) is 12.1. The van der Waals surface area contributed by atoms with Gasteiger partial charge in [0.25, 0.3) is 0 Å². The van der Waals surface area contributed by atoms with Gasteiger partial charge in [0.2, 0.25) is 0 Å². The maximum Gasteiger partial charge on any atom is 0.119 e. The highest BCUT2D eigenvalue weighted by molar-refractivity contribution is 5.21. The summed E-state index contributed by atoms with van der Waals surface area (Å²) in [7, 11) is 0. The lowest BCUT2D eigenvalue weighted by atomic mass is 10.2. The Morgan fingerprint density at radius 2 is 2.06 bits per heavy atom. The Labute approximate surface area is 96.4 Å². The molecule has 3 heteroatoms. The molecule has 16 heavy (non-hydrogen) atoms. The quantitative estimate of drug-likeness (QED) is 0.793. The van der Waals surface area contributed by atoms with E-state index in [1.165, 1.54) is 6.42 Å². The Morgan fingerprint density at radius 1 is 1.25 bits per heavy atom. The number of aliphatic hydroxyl groups excluding tert-OH is 1. The summed E-state index contributed by atoms with van der Waals surface area (Å²) in [5.41, 5.74) is 0. The zero-order valence-corrected chi connectivity index (χ0v) is 9.43. The third-order valence-corrected chi connectivity index (χ3v) is 3.00. The number of ether oxygens (including phenoxy) is 1. The molecule has 1 saturated carbocycles. The van der Waals surface area contributed by atoms with Crippen LogP contribution < -0.4 is 10.1 Å². The van der Waals surface area contributed by atoms with Crippen molar-refractivity contribution < 1.29 is 9.84 Å². The predicted octanol–water partition coefficient (Wildman–Crippen LogP) is 1.57. The molecule has 1 aliphatic carbocycles. The molecule has 0 radical (unpaired) electrons. The van der Waals surface area contributed by atoms with Gasteiger partial charge in [-0.1, -0.05) is 18.2 Å². The average Bonchev–Trinajstić information content (AvgIpc) is 2.75. The largest absolute Gasteiger partial charge is 0.489 e. The fourth-order valence-electron chi connectivity index (χ4n) is 2.22. The molecule has 1 aliphatic rings. The summed E-state index contributed by atoms with van der Waals surface area (Å²) >= 11 is 0. The highest BCUT2D eigenvalue weighted by Crippen LogP contribution is 2.24. The lowest BCUT2D eigenvalue weighted by molar-refractivity contribution is 0.169. The summed E-state index contributed by atoms with van der Waals surface area (Å²) in [4.78, 5) is 0. The Hall–Kier alpha value is -1.06. The maximum atomic E-state index is 8.80. The number of rotatable bonds is 5. The third kappa shape index (κ3) is 2.97. The lowest BCUT2D eigenvalue weighted by Crippen LogP contribution is -2.40. The van der Waals surface area contributed by atoms with Crippen molar-refractivity contribution in [2.24, 2.45) is 0 Å². The van der Waals surface area contributed by atoms with Crippen molar-refractivity contribution in [2.45, 2.75) is 31.4 Å². The minimum Gasteiger partial charge on any atom is -0.489 e. The molecule has 0 aromatic heterocycles. The first kappa shape index (κ1) is 11.4. The fourth-order valence-corrected chi connectivity index (χ4v) is 2.22. The smallest absolute Gasteiger partial charge is 0.119 e. The molecular weight excluding hydrogens is 202 g/mol. The van der Waals surface area contributed by atoms with Gasteiger partial charge >= 0.3 is 0 Å². The van der Waals surface area contributed by atoms with Crippen LogP contribution in [0.25, 0.3) is 0 Å². The summed E-state index contributed by atoms with van der Waals surface area (Å²) in [6, 6.07) is 10.3. The van der Waals surface area contributed by atoms with Crippen LogP contribution in [0.2, 0.25) is 0 Å². The Morgan fingerprint density at radius 3 is 2.81 bits per heavy atom. The van der Waals surface area contributed by atoms with E-state index in [1.54, 1.807) is 0 Å². The van der Waals surface area contributed by atoms with Gasteiger partial charge in [-0.25, -0.2) is 0 Å². The number of para-hydroxylation sites is 1. The molecule has 3 nitrogen and oxygen atoms in total. The molecule has 2 atom stereocenters. The number of hydrogen-bond donors (Lipinski definition) is 2. The second-order valence-electron chi connectivity index (χ2n) is 4.18. The molecule has 0 unspecified atom stereocenters. The molecule has 0 heterocycles. The van der Waals surface area contributed by atoms with Gasteiger partial charge in [-0.2, -0.15) is 0 Å². The first-order valence-electron chi connectivity index (χ1n) is 5.96. The van der Waals surface area contributed by atoms with Crippen molar-refractivity contribution >= 4 is 0 Å². The van der Waals surface area contributed by atoms with E-state index in [0.717, 1.165) is 18.6 Å². The lowest BCUT2D eigenvalue weighted by Gasteiger charge is -2.22. The SMILES string of the molecule is OCCN[C@H]1CCC[C@H]1Oc1ccccc1. The van der Waals surface area contributed by atoms with Crippen LogP contribution in [0.5, 0.6) is 5.75 Å². The van der Waals surface area contributed by atoms with Crippen LogP contribution in [-0.2, 0) is 0 Å². The van der Waals surface area contributed by atoms with Crippen LogP contribution in [0, 0.1) is 0 Å². The second-order valence-corrected chi connectivity index (χ2v) is 4.18. The van der Waals surface area contributed by atoms with Crippen molar-refractivity contribution in [3.63, 3.8) is 0 Å². The zero-order chi connectivity index (χ0) is 11.2. The third-order valence-electron chi connectivity index (χ3n) is 3.00. The average molecular weight is 221 g/mol. The Bertz CT molecular complexity index is 302. The van der Waals surface area contributed by atoms with E-state index in [1.807, 2.05) is 30.3 Å². The number of nitrogens with one attached hydrogen (secondary N) is 1. The van der Waals surface area contributed by atoms with Gasteiger partial charge in [-0.05, 0) is 31.4 Å². The number of aliphatic hydroxyl groups is 1. The molecule has 0 bridgehead atoms. The van der Waals surface area contributed by atoms with Crippen molar-refractivity contribution in [3.05, 3.63) is 30.3 Å². The van der Waals surface area contributed by atoms with Gasteiger partial charge in [0.15, 0.2) is 0 Å². The zero-order valence-electron chi connectivity index (χ0n) is 9.43. The monoisotopic (exact) mass is 221 g/mol. The van der Waals surface area contributed by atoms with Gasteiger partial charge in [-0.15, -0.1) is 0 Å². The molecule has 0 amide bonds. The number of hydrogen-bond acceptors (Lipinski definition) is 3. The molecule has 0 aliphatic heterocycles. The van der Waals surface area contributed by atoms with E-state index in [-0.39, 0.29) is 12.7 Å². The molecule has 1 aromatic carbocycles. The van der Waals surface area contributed by atoms with E-state index in [9.17, 15) is 0 Å². The second kappa shape index (κ2) is 5.87. The van der Waals surface area contributed by atoms with Gasteiger partial charge in [0, 0.05) is 12.6 Å². The van der Waals surface area contributed by atoms with Crippen LogP contribution in [-0.4, -0.2) is 30.4 Å². The van der Waals surface area contributed by atoms with Crippen LogP contribution >= 0.6 is 0 Å². The predicted molar refractivity (Wildman–Crippen MR) is 63.6 cm³/mol. The van der Waals surface area contributed by atoms with Gasteiger partial charge in [0.1, 0.15) is 11.9 Å². The molecule has 2 N–H and O–H groups in total. The highest BCUT2D eigenvalue weighted by atomic mass is 16.5. The van der Waals surface area contributed by atoms with Gasteiger partial charge in [0.05, 0.1) is 6.61 Å². The summed E-state index contributed by atoms with van der Waals surface area (Å²) in [6.07, 6.45) is 3.67. The van der Waals surface area contributed by atoms with Crippen molar-refractivity contribution in [1.82, 2.24) is 5.32 Å². The summed E-state index contributed by atoms with van der Waals surface area (Å²) in [6.45, 7) is 0.841. The molecule has 2 rings (SSSR count). The molecule has 0 spiro atoms. The standard InChI is InChI=1S/C13H19NO2/c15-10-9-14-12-7-4-8-13(12)16-11-5-2-1-3-6-11/h1-3,5-6,12-15H,4,7-10H2/t12-,13+/m0/s1. The van der Waals surface area contributed by atoms with Gasteiger partial charge in [-0.3, -0.25) is 0 Å². The van der Waals surface area contributed by atoms with E-state index in [0.29, 0.717) is 12.6 Å².